The highest BCUT2D eigenvalue weighted by Crippen LogP contribution is 2.30. The Bertz CT molecular complexity index is 482. The van der Waals surface area contributed by atoms with Gasteiger partial charge in [-0.15, -0.1) is 0 Å². The first-order valence-corrected chi connectivity index (χ1v) is 6.87. The fourth-order valence-electron chi connectivity index (χ4n) is 2.28. The number of hydrogen-bond acceptors (Lipinski definition) is 3. The number of amides is 1. The molecule has 0 spiro atoms. The van der Waals surface area contributed by atoms with Crippen molar-refractivity contribution in [1.82, 2.24) is 4.90 Å². The van der Waals surface area contributed by atoms with Crippen LogP contribution in [0.1, 0.15) is 23.7 Å². The molecule has 19 heavy (non-hydrogen) atoms. The van der Waals surface area contributed by atoms with Crippen LogP contribution in [0.25, 0.3) is 0 Å². The zero-order chi connectivity index (χ0) is 14.2. The highest BCUT2D eigenvalue weighted by molar-refractivity contribution is 6.43. The van der Waals surface area contributed by atoms with Crippen LogP contribution in [0.5, 0.6) is 0 Å². The molecule has 1 heterocycles. The van der Waals surface area contributed by atoms with E-state index in [2.05, 4.69) is 0 Å². The van der Waals surface area contributed by atoms with Gasteiger partial charge in [-0.3, -0.25) is 4.79 Å². The Hall–Kier alpha value is -0.970. The lowest BCUT2D eigenvalue weighted by molar-refractivity contribution is 0.0762. The summed E-state index contributed by atoms with van der Waals surface area (Å²) in [6.07, 6.45) is 0.400. The Balaban J connectivity index is 2.17. The van der Waals surface area contributed by atoms with Crippen molar-refractivity contribution in [3.05, 3.63) is 27.7 Å². The van der Waals surface area contributed by atoms with Crippen LogP contribution in [0, 0.1) is 5.92 Å². The van der Waals surface area contributed by atoms with Gasteiger partial charge in [0, 0.05) is 24.6 Å². The van der Waals surface area contributed by atoms with Gasteiger partial charge in [0.2, 0.25) is 0 Å². The number of carbonyl (C=O) groups excluding carboxylic acids is 1. The molecule has 0 aliphatic carbocycles. The lowest BCUT2D eigenvalue weighted by atomic mass is 10.0. The summed E-state index contributed by atoms with van der Waals surface area (Å²) >= 11 is 11.8. The van der Waals surface area contributed by atoms with Crippen LogP contribution in [0.2, 0.25) is 10.0 Å². The number of rotatable bonds is 2. The number of aliphatic hydroxyl groups is 1. The van der Waals surface area contributed by atoms with Gasteiger partial charge in [-0.05, 0) is 25.5 Å². The molecule has 3 N–H and O–H groups in total. The van der Waals surface area contributed by atoms with Crippen LogP contribution in [-0.2, 0) is 0 Å². The number of likely N-dealkylation sites (tertiary alicyclic amines) is 1. The minimum Gasteiger partial charge on any atom is -0.397 e. The first kappa shape index (κ1) is 14.4. The zero-order valence-corrected chi connectivity index (χ0v) is 12.1. The summed E-state index contributed by atoms with van der Waals surface area (Å²) in [7, 11) is 0. The van der Waals surface area contributed by atoms with E-state index in [1.54, 1.807) is 11.8 Å². The van der Waals surface area contributed by atoms with Crippen LogP contribution in [0.15, 0.2) is 12.1 Å². The molecule has 1 aliphatic rings. The number of nitrogen functional groups attached to an aromatic ring is 1. The number of nitrogens with two attached hydrogens (primary N) is 1. The third kappa shape index (κ3) is 2.96. The van der Waals surface area contributed by atoms with Gasteiger partial charge in [0.25, 0.3) is 5.91 Å². The fraction of sp³-hybridized carbons (Fsp3) is 0.462. The van der Waals surface area contributed by atoms with E-state index in [4.69, 9.17) is 28.9 Å². The number of aliphatic hydroxyl groups excluding tert-OH is 1. The zero-order valence-electron chi connectivity index (χ0n) is 10.6. The molecular weight excluding hydrogens is 287 g/mol. The highest BCUT2D eigenvalue weighted by Gasteiger charge is 2.29. The number of benzene rings is 1. The summed E-state index contributed by atoms with van der Waals surface area (Å²) < 4.78 is 0. The minimum atomic E-state index is -0.406. The maximum Gasteiger partial charge on any atom is 0.253 e. The standard InChI is InChI=1S/C13H16Cl2N2O2/c1-7(18)8-2-3-17(6-8)13(19)9-4-10(14)12(15)11(16)5-9/h4-5,7-8,18H,2-3,6,16H2,1H3. The molecule has 0 saturated carbocycles. The van der Waals surface area contributed by atoms with Crippen LogP contribution < -0.4 is 5.73 Å². The number of nitrogens with zero attached hydrogens (tertiary/aromatic N) is 1. The molecule has 2 atom stereocenters. The number of hydrogen-bond donors (Lipinski definition) is 2. The second-order valence-corrected chi connectivity index (χ2v) is 5.69. The summed E-state index contributed by atoms with van der Waals surface area (Å²) in [5.41, 5.74) is 6.43. The number of anilines is 1. The molecule has 6 heteroatoms. The summed E-state index contributed by atoms with van der Waals surface area (Å²) in [6.45, 7) is 2.93. The van der Waals surface area contributed by atoms with Crippen molar-refractivity contribution in [2.45, 2.75) is 19.4 Å². The lowest BCUT2D eigenvalue weighted by Crippen LogP contribution is -2.30. The average Bonchev–Trinajstić information content (AvgIpc) is 2.84. The van der Waals surface area contributed by atoms with Gasteiger partial charge in [0.05, 0.1) is 21.8 Å². The molecule has 4 nitrogen and oxygen atoms in total. The van der Waals surface area contributed by atoms with E-state index >= 15 is 0 Å². The SMILES string of the molecule is CC(O)C1CCN(C(=O)c2cc(N)c(Cl)c(Cl)c2)C1. The molecule has 1 aromatic carbocycles. The summed E-state index contributed by atoms with van der Waals surface area (Å²) in [4.78, 5) is 14.0. The number of halogens is 2. The largest absolute Gasteiger partial charge is 0.397 e. The third-order valence-electron chi connectivity index (χ3n) is 3.50. The molecule has 2 rings (SSSR count). The first-order valence-electron chi connectivity index (χ1n) is 6.12. The van der Waals surface area contributed by atoms with E-state index in [9.17, 15) is 9.90 Å². The van der Waals surface area contributed by atoms with Crippen molar-refractivity contribution < 1.29 is 9.90 Å². The van der Waals surface area contributed by atoms with Gasteiger partial charge in [-0.2, -0.15) is 0 Å². The van der Waals surface area contributed by atoms with E-state index in [-0.39, 0.29) is 21.9 Å². The Morgan fingerprint density at radius 1 is 1.53 bits per heavy atom. The quantitative estimate of drug-likeness (QED) is 0.825. The Kier molecular flexibility index (Phi) is 4.23. The van der Waals surface area contributed by atoms with Crippen LogP contribution >= 0.6 is 23.2 Å². The van der Waals surface area contributed by atoms with Crippen LogP contribution in [-0.4, -0.2) is 35.1 Å². The third-order valence-corrected chi connectivity index (χ3v) is 4.31. The summed E-state index contributed by atoms with van der Waals surface area (Å²) in [5, 5.41) is 10.1. The Morgan fingerprint density at radius 2 is 2.21 bits per heavy atom. The molecule has 0 bridgehead atoms. The molecule has 104 valence electrons. The molecule has 1 saturated heterocycles. The predicted octanol–water partition coefficient (Wildman–Crippen LogP) is 2.42. The van der Waals surface area contributed by atoms with Crippen LogP contribution in [0.4, 0.5) is 5.69 Å². The lowest BCUT2D eigenvalue weighted by Gasteiger charge is -2.18. The molecule has 1 amide bonds. The molecule has 0 aromatic heterocycles. The van der Waals surface area contributed by atoms with Crippen molar-refractivity contribution in [3.8, 4) is 0 Å². The van der Waals surface area contributed by atoms with Crippen molar-refractivity contribution >= 4 is 34.8 Å². The Labute approximate surface area is 122 Å². The van der Waals surface area contributed by atoms with Gasteiger partial charge in [0.1, 0.15) is 0 Å². The van der Waals surface area contributed by atoms with Crippen molar-refractivity contribution in [2.24, 2.45) is 5.92 Å². The molecule has 2 unspecified atom stereocenters. The second-order valence-electron chi connectivity index (χ2n) is 4.90. The molecule has 0 radical (unpaired) electrons. The number of carbonyl (C=O) groups is 1. The van der Waals surface area contributed by atoms with Crippen LogP contribution in [0.3, 0.4) is 0 Å². The van der Waals surface area contributed by atoms with Gasteiger partial charge >= 0.3 is 0 Å². The summed E-state index contributed by atoms with van der Waals surface area (Å²) in [6, 6.07) is 3.06. The second kappa shape index (κ2) is 5.57. The van der Waals surface area contributed by atoms with Gasteiger partial charge < -0.3 is 15.7 Å². The normalized spacial score (nSPS) is 20.6. The van der Waals surface area contributed by atoms with E-state index in [1.165, 1.54) is 12.1 Å². The molecule has 1 aliphatic heterocycles. The predicted molar refractivity (Wildman–Crippen MR) is 76.6 cm³/mol. The summed E-state index contributed by atoms with van der Waals surface area (Å²) in [5.74, 6) is -0.00233. The van der Waals surface area contributed by atoms with Gasteiger partial charge in [0.15, 0.2) is 0 Å². The maximum atomic E-state index is 12.3. The minimum absolute atomic E-state index is 0.129. The van der Waals surface area contributed by atoms with E-state index < -0.39 is 6.10 Å². The molecule has 1 aromatic rings. The van der Waals surface area contributed by atoms with E-state index in [1.807, 2.05) is 0 Å². The van der Waals surface area contributed by atoms with Crippen molar-refractivity contribution in [1.29, 1.82) is 0 Å². The van der Waals surface area contributed by atoms with E-state index in [0.29, 0.717) is 24.3 Å². The van der Waals surface area contributed by atoms with Gasteiger partial charge in [-0.1, -0.05) is 23.2 Å². The first-order chi connectivity index (χ1) is 8.90. The average molecular weight is 303 g/mol. The van der Waals surface area contributed by atoms with Crippen molar-refractivity contribution in [2.75, 3.05) is 18.8 Å². The van der Waals surface area contributed by atoms with E-state index in [0.717, 1.165) is 6.42 Å². The smallest absolute Gasteiger partial charge is 0.253 e. The topological polar surface area (TPSA) is 66.6 Å². The molecule has 1 fully saturated rings. The Morgan fingerprint density at radius 3 is 2.74 bits per heavy atom. The van der Waals surface area contributed by atoms with Gasteiger partial charge in [-0.25, -0.2) is 0 Å². The highest BCUT2D eigenvalue weighted by atomic mass is 35.5. The molecular formula is C13H16Cl2N2O2. The fourth-order valence-corrected chi connectivity index (χ4v) is 2.62. The van der Waals surface area contributed by atoms with Crippen molar-refractivity contribution in [3.63, 3.8) is 0 Å². The monoisotopic (exact) mass is 302 g/mol. The maximum absolute atomic E-state index is 12.3.